The third kappa shape index (κ3) is 5.45. The molecule has 1 heterocycles. The average molecular weight is 436 g/mol. The van der Waals surface area contributed by atoms with Gasteiger partial charge in [-0.1, -0.05) is 6.07 Å². The van der Waals surface area contributed by atoms with Crippen molar-refractivity contribution in [2.45, 2.75) is 38.1 Å². The van der Waals surface area contributed by atoms with Crippen LogP contribution in [0.2, 0.25) is 0 Å². The lowest BCUT2D eigenvalue weighted by Crippen LogP contribution is -2.44. The summed E-state index contributed by atoms with van der Waals surface area (Å²) in [6, 6.07) is 12.5. The number of rotatable bonds is 7. The lowest BCUT2D eigenvalue weighted by molar-refractivity contribution is 0.0921. The van der Waals surface area contributed by atoms with Crippen molar-refractivity contribution in [2.75, 3.05) is 25.0 Å². The first kappa shape index (κ1) is 21.8. The second-order valence-corrected chi connectivity index (χ2v) is 8.31. The summed E-state index contributed by atoms with van der Waals surface area (Å²) in [6.45, 7) is 3.25. The minimum atomic E-state index is -0.312. The average Bonchev–Trinajstić information content (AvgIpc) is 3.65. The first-order valence-corrected chi connectivity index (χ1v) is 11.1. The second kappa shape index (κ2) is 9.82. The molecule has 1 aliphatic heterocycles. The number of amides is 2. The minimum Gasteiger partial charge on any atom is -0.394 e. The Morgan fingerprint density at radius 2 is 1.91 bits per heavy atom. The highest BCUT2D eigenvalue weighted by molar-refractivity contribution is 6.03. The van der Waals surface area contributed by atoms with Gasteiger partial charge < -0.3 is 26.4 Å². The molecule has 1 atom stereocenters. The minimum absolute atomic E-state index is 0.114. The Hall–Kier alpha value is -3.39. The molecule has 8 heteroatoms. The molecule has 0 bridgehead atoms. The lowest BCUT2D eigenvalue weighted by atomic mass is 10.0. The van der Waals surface area contributed by atoms with Gasteiger partial charge in [0.25, 0.3) is 11.8 Å². The molecule has 1 saturated carbocycles. The fourth-order valence-corrected chi connectivity index (χ4v) is 3.60. The Morgan fingerprint density at radius 3 is 2.62 bits per heavy atom. The van der Waals surface area contributed by atoms with Crippen LogP contribution < -0.4 is 21.3 Å². The van der Waals surface area contributed by atoms with E-state index in [0.29, 0.717) is 23.0 Å². The van der Waals surface area contributed by atoms with Crippen molar-refractivity contribution in [1.82, 2.24) is 16.0 Å². The van der Waals surface area contributed by atoms with E-state index in [9.17, 15) is 9.59 Å². The summed E-state index contributed by atoms with van der Waals surface area (Å²) in [5.41, 5.74) is 3.87. The van der Waals surface area contributed by atoms with E-state index in [1.807, 2.05) is 24.3 Å². The number of guanidine groups is 1. The van der Waals surface area contributed by atoms with Gasteiger partial charge in [-0.25, -0.2) is 0 Å². The zero-order valence-corrected chi connectivity index (χ0v) is 18.1. The van der Waals surface area contributed by atoms with E-state index in [1.165, 1.54) is 0 Å². The number of aliphatic imine (C=N–C) groups is 1. The van der Waals surface area contributed by atoms with Crippen LogP contribution >= 0.6 is 0 Å². The van der Waals surface area contributed by atoms with Crippen LogP contribution in [0.5, 0.6) is 0 Å². The highest BCUT2D eigenvalue weighted by Crippen LogP contribution is 2.44. The number of carbonyl (C=O) groups is 2. The molecular weight excluding hydrogens is 406 g/mol. The topological polar surface area (TPSA) is 115 Å². The number of nitrogens with zero attached hydrogens (tertiary/aromatic N) is 1. The van der Waals surface area contributed by atoms with E-state index in [0.717, 1.165) is 49.3 Å². The predicted octanol–water partition coefficient (Wildman–Crippen LogP) is 2.50. The van der Waals surface area contributed by atoms with Crippen LogP contribution in [0, 0.1) is 0 Å². The van der Waals surface area contributed by atoms with Crippen molar-refractivity contribution in [2.24, 2.45) is 4.99 Å². The second-order valence-electron chi connectivity index (χ2n) is 8.31. The van der Waals surface area contributed by atoms with E-state index in [2.05, 4.69) is 26.3 Å². The molecule has 2 aliphatic rings. The molecule has 1 aliphatic carbocycles. The summed E-state index contributed by atoms with van der Waals surface area (Å²) in [7, 11) is 0. The van der Waals surface area contributed by atoms with Crippen molar-refractivity contribution in [3.05, 3.63) is 59.2 Å². The highest BCUT2D eigenvalue weighted by atomic mass is 16.3. The van der Waals surface area contributed by atoms with Crippen molar-refractivity contribution in [1.29, 1.82) is 0 Å². The van der Waals surface area contributed by atoms with Crippen molar-refractivity contribution in [3.8, 4) is 0 Å². The van der Waals surface area contributed by atoms with Gasteiger partial charge >= 0.3 is 0 Å². The molecule has 8 nitrogen and oxygen atoms in total. The van der Waals surface area contributed by atoms with E-state index < -0.39 is 0 Å². The SMILES string of the molecule is CC(CO)NC(=O)c1cccc(Nc2ccc(C(=O)N=C3NCCCN3)cc2C2CC2)c1. The van der Waals surface area contributed by atoms with Crippen LogP contribution in [0.1, 0.15) is 58.4 Å². The number of hydrogen-bond acceptors (Lipinski definition) is 4. The molecule has 0 aromatic heterocycles. The van der Waals surface area contributed by atoms with Crippen molar-refractivity contribution >= 4 is 29.1 Å². The van der Waals surface area contributed by atoms with Gasteiger partial charge in [0, 0.05) is 41.6 Å². The van der Waals surface area contributed by atoms with Gasteiger partial charge in [0.15, 0.2) is 5.96 Å². The maximum absolute atomic E-state index is 12.7. The molecule has 2 aromatic carbocycles. The molecular formula is C24H29N5O3. The molecule has 32 heavy (non-hydrogen) atoms. The standard InChI is InChI=1S/C24H29N5O3/c1-15(14-30)27-22(31)17-4-2-5-19(12-17)28-21-9-8-18(13-20(21)16-6-7-16)23(32)29-24-25-10-3-11-26-24/h2,4-5,8-9,12-13,15-16,28,30H,3,6-7,10-11,14H2,1H3,(H,27,31)(H2,25,26,29,32). The summed E-state index contributed by atoms with van der Waals surface area (Å²) < 4.78 is 0. The third-order valence-electron chi connectivity index (χ3n) is 5.52. The van der Waals surface area contributed by atoms with Crippen LogP contribution in [0.15, 0.2) is 47.5 Å². The van der Waals surface area contributed by atoms with Gasteiger partial charge in [-0.2, -0.15) is 4.99 Å². The lowest BCUT2D eigenvalue weighted by Gasteiger charge is -2.17. The van der Waals surface area contributed by atoms with Crippen molar-refractivity contribution in [3.63, 3.8) is 0 Å². The number of aliphatic hydroxyl groups excluding tert-OH is 1. The predicted molar refractivity (Wildman–Crippen MR) is 125 cm³/mol. The summed E-state index contributed by atoms with van der Waals surface area (Å²) in [4.78, 5) is 29.2. The molecule has 0 spiro atoms. The number of anilines is 2. The fourth-order valence-electron chi connectivity index (χ4n) is 3.60. The smallest absolute Gasteiger partial charge is 0.280 e. The van der Waals surface area contributed by atoms with E-state index >= 15 is 0 Å². The van der Waals surface area contributed by atoms with Gasteiger partial charge in [-0.15, -0.1) is 0 Å². The maximum Gasteiger partial charge on any atom is 0.280 e. The van der Waals surface area contributed by atoms with Gasteiger partial charge in [0.2, 0.25) is 0 Å². The summed E-state index contributed by atoms with van der Waals surface area (Å²) in [6.07, 6.45) is 3.18. The van der Waals surface area contributed by atoms with Crippen LogP contribution in [-0.2, 0) is 0 Å². The molecule has 168 valence electrons. The molecule has 4 rings (SSSR count). The van der Waals surface area contributed by atoms with Crippen LogP contribution in [0.4, 0.5) is 11.4 Å². The Morgan fingerprint density at radius 1 is 1.12 bits per heavy atom. The first-order valence-electron chi connectivity index (χ1n) is 11.1. The summed E-state index contributed by atoms with van der Waals surface area (Å²) >= 11 is 0. The van der Waals surface area contributed by atoms with E-state index in [-0.39, 0.29) is 24.5 Å². The number of carbonyl (C=O) groups excluding carboxylic acids is 2. The normalized spacial score (nSPS) is 16.4. The fraction of sp³-hybridized carbons (Fsp3) is 0.375. The first-order chi connectivity index (χ1) is 15.5. The zero-order valence-electron chi connectivity index (χ0n) is 18.1. The summed E-state index contributed by atoms with van der Waals surface area (Å²) in [5, 5.41) is 21.5. The third-order valence-corrected chi connectivity index (χ3v) is 5.52. The maximum atomic E-state index is 12.7. The van der Waals surface area contributed by atoms with Gasteiger partial charge in [0.1, 0.15) is 0 Å². The number of benzene rings is 2. The van der Waals surface area contributed by atoms with E-state index in [4.69, 9.17) is 5.11 Å². The highest BCUT2D eigenvalue weighted by Gasteiger charge is 2.27. The largest absolute Gasteiger partial charge is 0.394 e. The Labute approximate surface area is 187 Å². The van der Waals surface area contributed by atoms with Crippen LogP contribution in [-0.4, -0.2) is 48.6 Å². The number of hydrogen-bond donors (Lipinski definition) is 5. The van der Waals surface area contributed by atoms with Crippen LogP contribution in [0.25, 0.3) is 0 Å². The molecule has 1 unspecified atom stereocenters. The van der Waals surface area contributed by atoms with Gasteiger partial charge in [-0.3, -0.25) is 9.59 Å². The van der Waals surface area contributed by atoms with E-state index in [1.54, 1.807) is 25.1 Å². The zero-order chi connectivity index (χ0) is 22.5. The monoisotopic (exact) mass is 435 g/mol. The Balaban J connectivity index is 1.52. The molecule has 2 aromatic rings. The molecule has 1 saturated heterocycles. The van der Waals surface area contributed by atoms with Crippen LogP contribution in [0.3, 0.4) is 0 Å². The van der Waals surface area contributed by atoms with Crippen molar-refractivity contribution < 1.29 is 14.7 Å². The molecule has 2 amide bonds. The molecule has 2 fully saturated rings. The molecule has 5 N–H and O–H groups in total. The Kier molecular flexibility index (Phi) is 6.70. The van der Waals surface area contributed by atoms with Gasteiger partial charge in [0.05, 0.1) is 6.61 Å². The quantitative estimate of drug-likeness (QED) is 0.457. The number of nitrogens with one attached hydrogen (secondary N) is 4. The summed E-state index contributed by atoms with van der Waals surface area (Å²) in [5.74, 6) is 0.442. The van der Waals surface area contributed by atoms with Gasteiger partial charge in [-0.05, 0) is 74.1 Å². The number of aliphatic hydroxyl groups is 1. The molecule has 0 radical (unpaired) electrons. The Bertz CT molecular complexity index is 1020.